The van der Waals surface area contributed by atoms with E-state index >= 15 is 0 Å². The Morgan fingerprint density at radius 2 is 1.96 bits per heavy atom. The summed E-state index contributed by atoms with van der Waals surface area (Å²) in [6, 6.07) is 8.75. The number of carboxylic acids is 1. The summed E-state index contributed by atoms with van der Waals surface area (Å²) in [7, 11) is 0. The molecule has 0 radical (unpaired) electrons. The van der Waals surface area contributed by atoms with Gasteiger partial charge in [0.15, 0.2) is 5.82 Å². The number of rotatable bonds is 5. The standard InChI is InChI=1S/C18H16N4O2/c1-12-3-4-14(18(23)24)8-16(12)22-10-13-7-15(11-19-9-13)17-20-5-2-6-21-17/h2-9,11,22H,10H2,1H3,(H,23,24). The third kappa shape index (κ3) is 3.55. The van der Waals surface area contributed by atoms with Crippen LogP contribution in [0.25, 0.3) is 11.4 Å². The molecule has 2 N–H and O–H groups in total. The van der Waals surface area contributed by atoms with E-state index in [0.29, 0.717) is 12.4 Å². The lowest BCUT2D eigenvalue weighted by Crippen LogP contribution is -2.04. The quantitative estimate of drug-likeness (QED) is 0.751. The Balaban J connectivity index is 1.78. The Labute approximate surface area is 139 Å². The molecule has 2 aromatic heterocycles. The van der Waals surface area contributed by atoms with E-state index < -0.39 is 5.97 Å². The average Bonchev–Trinajstić information content (AvgIpc) is 2.62. The summed E-state index contributed by atoms with van der Waals surface area (Å²) < 4.78 is 0. The highest BCUT2D eigenvalue weighted by Crippen LogP contribution is 2.19. The Morgan fingerprint density at radius 1 is 1.17 bits per heavy atom. The van der Waals surface area contributed by atoms with Gasteiger partial charge in [0.2, 0.25) is 0 Å². The molecule has 3 aromatic rings. The summed E-state index contributed by atoms with van der Waals surface area (Å²) >= 11 is 0. The van der Waals surface area contributed by atoms with Gasteiger partial charge in [-0.25, -0.2) is 14.8 Å². The van der Waals surface area contributed by atoms with Crippen LogP contribution in [0.3, 0.4) is 0 Å². The number of nitrogens with one attached hydrogen (secondary N) is 1. The average molecular weight is 320 g/mol. The van der Waals surface area contributed by atoms with Crippen molar-refractivity contribution >= 4 is 11.7 Å². The number of carboxylic acid groups (broad SMARTS) is 1. The zero-order chi connectivity index (χ0) is 16.9. The van der Waals surface area contributed by atoms with Gasteiger partial charge in [0.05, 0.1) is 5.56 Å². The minimum atomic E-state index is -0.942. The largest absolute Gasteiger partial charge is 0.478 e. The molecule has 0 bridgehead atoms. The van der Waals surface area contributed by atoms with E-state index in [-0.39, 0.29) is 5.56 Å². The van der Waals surface area contributed by atoms with Crippen molar-refractivity contribution in [3.05, 3.63) is 71.8 Å². The molecule has 6 heteroatoms. The maximum atomic E-state index is 11.1. The van der Waals surface area contributed by atoms with Gasteiger partial charge in [0, 0.05) is 42.6 Å². The summed E-state index contributed by atoms with van der Waals surface area (Å²) in [4.78, 5) is 23.7. The summed E-state index contributed by atoms with van der Waals surface area (Å²) in [5, 5.41) is 12.4. The molecular weight excluding hydrogens is 304 g/mol. The monoisotopic (exact) mass is 320 g/mol. The van der Waals surface area contributed by atoms with Gasteiger partial charge >= 0.3 is 5.97 Å². The maximum absolute atomic E-state index is 11.1. The highest BCUT2D eigenvalue weighted by molar-refractivity contribution is 5.89. The fourth-order valence-electron chi connectivity index (χ4n) is 2.30. The Morgan fingerprint density at radius 3 is 2.71 bits per heavy atom. The van der Waals surface area contributed by atoms with Crippen molar-refractivity contribution in [1.29, 1.82) is 0 Å². The molecule has 0 fully saturated rings. The van der Waals surface area contributed by atoms with Crippen molar-refractivity contribution in [2.45, 2.75) is 13.5 Å². The molecule has 0 aliphatic heterocycles. The van der Waals surface area contributed by atoms with Gasteiger partial charge < -0.3 is 10.4 Å². The van der Waals surface area contributed by atoms with Crippen LogP contribution in [0, 0.1) is 6.92 Å². The van der Waals surface area contributed by atoms with Gasteiger partial charge in [-0.1, -0.05) is 6.07 Å². The number of nitrogens with zero attached hydrogens (tertiary/aromatic N) is 3. The van der Waals surface area contributed by atoms with Crippen LogP contribution in [0.5, 0.6) is 0 Å². The van der Waals surface area contributed by atoms with Crippen molar-refractivity contribution in [3.8, 4) is 11.4 Å². The van der Waals surface area contributed by atoms with Gasteiger partial charge in [-0.3, -0.25) is 4.98 Å². The Kier molecular flexibility index (Phi) is 4.47. The van der Waals surface area contributed by atoms with Crippen LogP contribution in [-0.4, -0.2) is 26.0 Å². The lowest BCUT2D eigenvalue weighted by atomic mass is 10.1. The summed E-state index contributed by atoms with van der Waals surface area (Å²) in [5.74, 6) is -0.321. The normalized spacial score (nSPS) is 10.4. The van der Waals surface area contributed by atoms with Gasteiger partial charge in [0.1, 0.15) is 0 Å². The number of aryl methyl sites for hydroxylation is 1. The van der Waals surface area contributed by atoms with Crippen molar-refractivity contribution < 1.29 is 9.90 Å². The molecule has 0 atom stereocenters. The van der Waals surface area contributed by atoms with E-state index in [1.165, 1.54) is 0 Å². The first-order valence-corrected chi connectivity index (χ1v) is 7.42. The molecule has 0 aliphatic rings. The number of anilines is 1. The highest BCUT2D eigenvalue weighted by Gasteiger charge is 2.07. The third-order valence-corrected chi connectivity index (χ3v) is 3.59. The molecule has 3 rings (SSSR count). The predicted octanol–water partition coefficient (Wildman–Crippen LogP) is 3.16. The fourth-order valence-corrected chi connectivity index (χ4v) is 2.30. The lowest BCUT2D eigenvalue weighted by molar-refractivity contribution is 0.0697. The smallest absolute Gasteiger partial charge is 0.335 e. The topological polar surface area (TPSA) is 88.0 Å². The molecule has 1 aromatic carbocycles. The van der Waals surface area contributed by atoms with Crippen LogP contribution in [0.15, 0.2) is 55.1 Å². The molecular formula is C18H16N4O2. The number of aromatic carboxylic acids is 1. The number of hydrogen-bond acceptors (Lipinski definition) is 5. The minimum Gasteiger partial charge on any atom is -0.478 e. The molecule has 0 saturated heterocycles. The van der Waals surface area contributed by atoms with E-state index in [1.807, 2.05) is 13.0 Å². The zero-order valence-corrected chi connectivity index (χ0v) is 13.1. The van der Waals surface area contributed by atoms with Crippen LogP contribution in [0.4, 0.5) is 5.69 Å². The van der Waals surface area contributed by atoms with Crippen molar-refractivity contribution in [3.63, 3.8) is 0 Å². The number of benzene rings is 1. The number of hydrogen-bond donors (Lipinski definition) is 2. The van der Waals surface area contributed by atoms with E-state index in [1.54, 1.807) is 49.1 Å². The summed E-state index contributed by atoms with van der Waals surface area (Å²) in [6.45, 7) is 2.46. The van der Waals surface area contributed by atoms with Crippen LogP contribution in [0.1, 0.15) is 21.5 Å². The van der Waals surface area contributed by atoms with E-state index in [0.717, 1.165) is 22.4 Å². The van der Waals surface area contributed by atoms with Gasteiger partial charge in [0.25, 0.3) is 0 Å². The lowest BCUT2D eigenvalue weighted by Gasteiger charge is -2.11. The maximum Gasteiger partial charge on any atom is 0.335 e. The van der Waals surface area contributed by atoms with E-state index in [4.69, 9.17) is 5.11 Å². The molecule has 24 heavy (non-hydrogen) atoms. The second-order valence-corrected chi connectivity index (χ2v) is 5.34. The van der Waals surface area contributed by atoms with E-state index in [2.05, 4.69) is 20.3 Å². The minimum absolute atomic E-state index is 0.257. The predicted molar refractivity (Wildman–Crippen MR) is 90.7 cm³/mol. The number of carbonyl (C=O) groups is 1. The van der Waals surface area contributed by atoms with Gasteiger partial charge in [-0.2, -0.15) is 0 Å². The number of pyridine rings is 1. The Bertz CT molecular complexity index is 866. The van der Waals surface area contributed by atoms with Crippen LogP contribution in [0.2, 0.25) is 0 Å². The van der Waals surface area contributed by atoms with Gasteiger partial charge in [-0.15, -0.1) is 0 Å². The Hall–Kier alpha value is -3.28. The molecule has 0 unspecified atom stereocenters. The summed E-state index contributed by atoms with van der Waals surface area (Å²) in [6.07, 6.45) is 6.85. The van der Waals surface area contributed by atoms with Crippen molar-refractivity contribution in [1.82, 2.24) is 15.0 Å². The van der Waals surface area contributed by atoms with Gasteiger partial charge in [-0.05, 0) is 42.3 Å². The highest BCUT2D eigenvalue weighted by atomic mass is 16.4. The molecule has 0 spiro atoms. The number of aromatic nitrogens is 3. The molecule has 6 nitrogen and oxygen atoms in total. The molecule has 2 heterocycles. The first kappa shape index (κ1) is 15.6. The van der Waals surface area contributed by atoms with Crippen LogP contribution < -0.4 is 5.32 Å². The van der Waals surface area contributed by atoms with E-state index in [9.17, 15) is 4.79 Å². The van der Waals surface area contributed by atoms with Crippen LogP contribution in [-0.2, 0) is 6.54 Å². The molecule has 0 aliphatic carbocycles. The van der Waals surface area contributed by atoms with Crippen molar-refractivity contribution in [2.75, 3.05) is 5.32 Å². The first-order valence-electron chi connectivity index (χ1n) is 7.42. The SMILES string of the molecule is Cc1ccc(C(=O)O)cc1NCc1cncc(-c2ncccn2)c1. The van der Waals surface area contributed by atoms with Crippen molar-refractivity contribution in [2.24, 2.45) is 0 Å². The molecule has 0 saturated carbocycles. The summed E-state index contributed by atoms with van der Waals surface area (Å²) in [5.41, 5.74) is 3.82. The second-order valence-electron chi connectivity index (χ2n) is 5.34. The zero-order valence-electron chi connectivity index (χ0n) is 13.1. The van der Waals surface area contributed by atoms with Crippen LogP contribution >= 0.6 is 0 Å². The third-order valence-electron chi connectivity index (χ3n) is 3.59. The molecule has 0 amide bonds. The fraction of sp³-hybridized carbons (Fsp3) is 0.111. The second kappa shape index (κ2) is 6.87. The first-order chi connectivity index (χ1) is 11.6. The molecule has 120 valence electrons.